The van der Waals surface area contributed by atoms with Crippen molar-refractivity contribution < 1.29 is 14.2 Å². The Morgan fingerprint density at radius 3 is 2.09 bits per heavy atom. The zero-order valence-electron chi connectivity index (χ0n) is 20.5. The van der Waals surface area contributed by atoms with Gasteiger partial charge in [0.1, 0.15) is 31.3 Å². The van der Waals surface area contributed by atoms with E-state index in [9.17, 15) is 0 Å². The molecule has 0 aromatic heterocycles. The number of nitrogens with zero attached hydrogens (tertiary/aromatic N) is 1. The van der Waals surface area contributed by atoms with Crippen molar-refractivity contribution in [1.29, 1.82) is 0 Å². The predicted molar refractivity (Wildman–Crippen MR) is 138 cm³/mol. The molecule has 0 amide bonds. The fraction of sp³-hybridized carbons (Fsp3) is 0.300. The molecule has 0 atom stereocenters. The molecule has 34 heavy (non-hydrogen) atoms. The zero-order chi connectivity index (χ0) is 24.0. The summed E-state index contributed by atoms with van der Waals surface area (Å²) >= 11 is 0. The average molecular weight is 456 g/mol. The van der Waals surface area contributed by atoms with Crippen molar-refractivity contribution in [3.8, 4) is 11.5 Å². The van der Waals surface area contributed by atoms with E-state index in [0.717, 1.165) is 40.2 Å². The number of hydrogen-bond donors (Lipinski definition) is 0. The highest BCUT2D eigenvalue weighted by Gasteiger charge is 2.29. The van der Waals surface area contributed by atoms with Crippen molar-refractivity contribution in [3.05, 3.63) is 107 Å². The van der Waals surface area contributed by atoms with Crippen molar-refractivity contribution in [2.45, 2.75) is 52.9 Å². The van der Waals surface area contributed by atoms with E-state index < -0.39 is 0 Å². The van der Waals surface area contributed by atoms with Crippen LogP contribution in [-0.2, 0) is 24.4 Å². The molecule has 0 saturated heterocycles. The smallest absolute Gasteiger partial charge is 0.217 e. The molecule has 176 valence electrons. The van der Waals surface area contributed by atoms with Gasteiger partial charge in [0.2, 0.25) is 5.90 Å². The van der Waals surface area contributed by atoms with Crippen LogP contribution < -0.4 is 9.47 Å². The molecule has 0 fully saturated rings. The van der Waals surface area contributed by atoms with Gasteiger partial charge < -0.3 is 14.2 Å². The molecule has 3 aromatic carbocycles. The maximum Gasteiger partial charge on any atom is 0.217 e. The maximum absolute atomic E-state index is 6.38. The van der Waals surface area contributed by atoms with Gasteiger partial charge in [-0.3, -0.25) is 0 Å². The summed E-state index contributed by atoms with van der Waals surface area (Å²) in [7, 11) is 0. The first-order chi connectivity index (χ1) is 16.4. The van der Waals surface area contributed by atoms with Crippen molar-refractivity contribution in [2.24, 2.45) is 4.99 Å². The van der Waals surface area contributed by atoms with Crippen LogP contribution in [0.15, 0.2) is 89.4 Å². The summed E-state index contributed by atoms with van der Waals surface area (Å²) in [6.07, 6.45) is 2.93. The van der Waals surface area contributed by atoms with E-state index in [2.05, 4.69) is 58.0 Å². The van der Waals surface area contributed by atoms with Gasteiger partial charge in [-0.2, -0.15) is 0 Å². The summed E-state index contributed by atoms with van der Waals surface area (Å²) in [6, 6.07) is 24.4. The Bertz CT molecular complexity index is 1160. The van der Waals surface area contributed by atoms with Gasteiger partial charge in [-0.15, -0.1) is 0 Å². The van der Waals surface area contributed by atoms with Crippen LogP contribution in [0.1, 0.15) is 49.9 Å². The molecule has 0 unspecified atom stereocenters. The van der Waals surface area contributed by atoms with Gasteiger partial charge in [-0.1, -0.05) is 72.3 Å². The standard InChI is InChI=1S/C30H33NO3/c1-22(2)15-16-26-27(29-31-30(3,4)21-34-29)17-25(32-19-23-11-7-5-8-12-23)18-28(26)33-20-24-13-9-6-10-14-24/h5-15,17-18H,16,19-21H2,1-4H3. The largest absolute Gasteiger partial charge is 0.489 e. The van der Waals surface area contributed by atoms with E-state index in [1.807, 2.05) is 48.5 Å². The molecule has 4 heteroatoms. The molecule has 0 bridgehead atoms. The number of rotatable bonds is 9. The number of aliphatic imine (C=N–C) groups is 1. The molecule has 1 heterocycles. The molecule has 4 rings (SSSR count). The molecule has 1 aliphatic heterocycles. The molecule has 0 aliphatic carbocycles. The lowest BCUT2D eigenvalue weighted by atomic mass is 10.0. The SMILES string of the molecule is CC(C)=CCc1c(OCc2ccccc2)cc(OCc2ccccc2)cc1C1=NC(C)(C)CO1. The minimum absolute atomic E-state index is 0.255. The first-order valence-electron chi connectivity index (χ1n) is 11.8. The molecule has 4 nitrogen and oxygen atoms in total. The first kappa shape index (κ1) is 23.6. The van der Waals surface area contributed by atoms with Crippen molar-refractivity contribution >= 4 is 5.90 Å². The van der Waals surface area contributed by atoms with E-state index in [1.54, 1.807) is 0 Å². The highest BCUT2D eigenvalue weighted by atomic mass is 16.5. The van der Waals surface area contributed by atoms with Gasteiger partial charge in [0, 0.05) is 17.2 Å². The quantitative estimate of drug-likeness (QED) is 0.329. The van der Waals surface area contributed by atoms with Gasteiger partial charge in [0.25, 0.3) is 0 Å². The molecule has 0 radical (unpaired) electrons. The highest BCUT2D eigenvalue weighted by Crippen LogP contribution is 2.34. The van der Waals surface area contributed by atoms with E-state index >= 15 is 0 Å². The lowest BCUT2D eigenvalue weighted by Crippen LogP contribution is -2.17. The Hall–Kier alpha value is -3.53. The first-order valence-corrected chi connectivity index (χ1v) is 11.8. The normalized spacial score (nSPS) is 14.2. The zero-order valence-corrected chi connectivity index (χ0v) is 20.5. The molecular weight excluding hydrogens is 422 g/mol. The van der Waals surface area contributed by atoms with E-state index in [1.165, 1.54) is 5.57 Å². The topological polar surface area (TPSA) is 40.0 Å². The lowest BCUT2D eigenvalue weighted by molar-refractivity contribution is 0.277. The van der Waals surface area contributed by atoms with E-state index in [0.29, 0.717) is 25.7 Å². The van der Waals surface area contributed by atoms with Gasteiger partial charge in [-0.05, 0) is 51.3 Å². The van der Waals surface area contributed by atoms with Crippen LogP contribution in [0.25, 0.3) is 0 Å². The van der Waals surface area contributed by atoms with Crippen molar-refractivity contribution in [1.82, 2.24) is 0 Å². The van der Waals surface area contributed by atoms with Crippen LogP contribution >= 0.6 is 0 Å². The maximum atomic E-state index is 6.38. The Morgan fingerprint density at radius 1 is 0.912 bits per heavy atom. The summed E-state index contributed by atoms with van der Waals surface area (Å²) in [5.74, 6) is 2.17. The third kappa shape index (κ3) is 6.28. The molecule has 0 saturated carbocycles. The Kier molecular flexibility index (Phi) is 7.36. The average Bonchev–Trinajstić information content (AvgIpc) is 3.21. The van der Waals surface area contributed by atoms with Crippen LogP contribution in [0.5, 0.6) is 11.5 Å². The Labute approximate surface area is 202 Å². The van der Waals surface area contributed by atoms with Crippen molar-refractivity contribution in [2.75, 3.05) is 6.61 Å². The van der Waals surface area contributed by atoms with Crippen LogP contribution in [0.2, 0.25) is 0 Å². The van der Waals surface area contributed by atoms with E-state index in [4.69, 9.17) is 19.2 Å². The number of benzene rings is 3. The van der Waals surface area contributed by atoms with Gasteiger partial charge in [-0.25, -0.2) is 4.99 Å². The van der Waals surface area contributed by atoms with Gasteiger partial charge in [0.15, 0.2) is 0 Å². The van der Waals surface area contributed by atoms with Crippen LogP contribution in [0.4, 0.5) is 0 Å². The summed E-state index contributed by atoms with van der Waals surface area (Å²) in [5.41, 5.74) is 5.20. The van der Waals surface area contributed by atoms with Crippen molar-refractivity contribution in [3.63, 3.8) is 0 Å². The van der Waals surface area contributed by atoms with Gasteiger partial charge >= 0.3 is 0 Å². The molecule has 3 aromatic rings. The fourth-order valence-corrected chi connectivity index (χ4v) is 3.74. The minimum atomic E-state index is -0.255. The summed E-state index contributed by atoms with van der Waals surface area (Å²) in [4.78, 5) is 4.86. The third-order valence-electron chi connectivity index (χ3n) is 5.58. The monoisotopic (exact) mass is 455 g/mol. The second-order valence-corrected chi connectivity index (χ2v) is 9.50. The van der Waals surface area contributed by atoms with E-state index in [-0.39, 0.29) is 5.54 Å². The summed E-state index contributed by atoms with van der Waals surface area (Å²) < 4.78 is 18.6. The molecule has 1 aliphatic rings. The van der Waals surface area contributed by atoms with Crippen LogP contribution in [0.3, 0.4) is 0 Å². The second-order valence-electron chi connectivity index (χ2n) is 9.50. The molecule has 0 spiro atoms. The lowest BCUT2D eigenvalue weighted by Gasteiger charge is -2.18. The summed E-state index contributed by atoms with van der Waals surface area (Å²) in [6.45, 7) is 9.88. The summed E-state index contributed by atoms with van der Waals surface area (Å²) in [5, 5.41) is 0. The molecular formula is C30H33NO3. The van der Waals surface area contributed by atoms with Gasteiger partial charge in [0.05, 0.1) is 5.54 Å². The number of ether oxygens (including phenoxy) is 3. The third-order valence-corrected chi connectivity index (χ3v) is 5.58. The fourth-order valence-electron chi connectivity index (χ4n) is 3.74. The van der Waals surface area contributed by atoms with Crippen LogP contribution in [0, 0.1) is 0 Å². The minimum Gasteiger partial charge on any atom is -0.489 e. The predicted octanol–water partition coefficient (Wildman–Crippen LogP) is 6.91. The highest BCUT2D eigenvalue weighted by molar-refractivity contribution is 5.98. The van der Waals surface area contributed by atoms with Crippen LogP contribution in [-0.4, -0.2) is 18.0 Å². The Balaban J connectivity index is 1.72. The molecule has 0 N–H and O–H groups in total. The number of allylic oxidation sites excluding steroid dienone is 2. The number of hydrogen-bond acceptors (Lipinski definition) is 4. The second kappa shape index (κ2) is 10.6. The Morgan fingerprint density at radius 2 is 1.53 bits per heavy atom.